The first-order chi connectivity index (χ1) is 10.2. The topological polar surface area (TPSA) is 46.2 Å². The maximum atomic E-state index is 12.5. The molecule has 108 valence electrons. The molecule has 0 bridgehead atoms. The fourth-order valence-electron chi connectivity index (χ4n) is 2.01. The average Bonchev–Trinajstić information content (AvgIpc) is 3.19. The molecular weight excluding hydrogens is 322 g/mol. The van der Waals surface area contributed by atoms with Crippen LogP contribution < -0.4 is 4.72 Å². The summed E-state index contributed by atoms with van der Waals surface area (Å²) in [5.74, 6) is 0. The second-order valence-electron chi connectivity index (χ2n) is 4.44. The van der Waals surface area contributed by atoms with Gasteiger partial charge in [-0.3, -0.25) is 0 Å². The number of hydrogen-bond donors (Lipinski definition) is 1. The molecule has 0 radical (unpaired) electrons. The molecule has 0 amide bonds. The van der Waals surface area contributed by atoms with Gasteiger partial charge in [-0.15, -0.1) is 11.3 Å². The summed E-state index contributed by atoms with van der Waals surface area (Å²) < 4.78 is 27.9. The molecule has 6 heteroatoms. The Bertz CT molecular complexity index is 745. The summed E-state index contributed by atoms with van der Waals surface area (Å²) in [6.07, 6.45) is 0. The Morgan fingerprint density at radius 3 is 2.38 bits per heavy atom. The van der Waals surface area contributed by atoms with E-state index < -0.39 is 10.0 Å². The number of thiophene rings is 2. The van der Waals surface area contributed by atoms with Crippen molar-refractivity contribution >= 4 is 32.7 Å². The van der Waals surface area contributed by atoms with Crippen LogP contribution in [-0.2, 0) is 10.0 Å². The van der Waals surface area contributed by atoms with Crippen molar-refractivity contribution in [2.45, 2.75) is 10.9 Å². The lowest BCUT2D eigenvalue weighted by atomic mass is 10.1. The molecular formula is C15H13NO2S3. The van der Waals surface area contributed by atoms with Crippen molar-refractivity contribution in [1.82, 2.24) is 4.72 Å². The van der Waals surface area contributed by atoms with E-state index in [0.717, 1.165) is 10.4 Å². The number of sulfonamides is 1. The minimum Gasteiger partial charge on any atom is -0.207 e. The van der Waals surface area contributed by atoms with E-state index in [4.69, 9.17) is 0 Å². The van der Waals surface area contributed by atoms with Gasteiger partial charge in [-0.05, 0) is 46.0 Å². The minimum atomic E-state index is -3.55. The van der Waals surface area contributed by atoms with Crippen molar-refractivity contribution in [2.24, 2.45) is 0 Å². The highest BCUT2D eigenvalue weighted by molar-refractivity contribution is 7.89. The number of benzene rings is 1. The van der Waals surface area contributed by atoms with E-state index >= 15 is 0 Å². The Morgan fingerprint density at radius 2 is 1.76 bits per heavy atom. The minimum absolute atomic E-state index is 0.279. The van der Waals surface area contributed by atoms with Gasteiger partial charge in [0.25, 0.3) is 0 Å². The van der Waals surface area contributed by atoms with Crippen LogP contribution in [0.1, 0.15) is 16.5 Å². The van der Waals surface area contributed by atoms with E-state index in [1.807, 2.05) is 34.3 Å². The van der Waals surface area contributed by atoms with Crippen LogP contribution in [0.15, 0.2) is 69.6 Å². The first-order valence-corrected chi connectivity index (χ1v) is 9.60. The zero-order chi connectivity index (χ0) is 14.7. The first-order valence-electron chi connectivity index (χ1n) is 6.30. The molecule has 0 saturated heterocycles. The van der Waals surface area contributed by atoms with Gasteiger partial charge in [-0.1, -0.05) is 24.3 Å². The molecule has 2 heterocycles. The summed E-state index contributed by atoms with van der Waals surface area (Å²) >= 11 is 3.10. The lowest BCUT2D eigenvalue weighted by Gasteiger charge is -2.16. The number of hydrogen-bond acceptors (Lipinski definition) is 4. The van der Waals surface area contributed by atoms with Gasteiger partial charge >= 0.3 is 0 Å². The summed E-state index contributed by atoms with van der Waals surface area (Å²) in [5, 5.41) is 5.87. The van der Waals surface area contributed by atoms with E-state index in [9.17, 15) is 8.42 Å². The smallest absolute Gasteiger partial charge is 0.207 e. The highest BCUT2D eigenvalue weighted by Crippen LogP contribution is 2.29. The molecule has 2 aromatic heterocycles. The predicted molar refractivity (Wildman–Crippen MR) is 87.2 cm³/mol. The fourth-order valence-corrected chi connectivity index (χ4v) is 4.80. The molecule has 1 aromatic carbocycles. The first kappa shape index (κ1) is 14.5. The van der Waals surface area contributed by atoms with Gasteiger partial charge in [0, 0.05) is 4.88 Å². The highest BCUT2D eigenvalue weighted by atomic mass is 32.2. The Morgan fingerprint density at radius 1 is 0.952 bits per heavy atom. The third-order valence-corrected chi connectivity index (χ3v) is 6.11. The fraction of sp³-hybridized carbons (Fsp3) is 0.0667. The van der Waals surface area contributed by atoms with Gasteiger partial charge in [-0.2, -0.15) is 16.1 Å². The summed E-state index contributed by atoms with van der Waals surface area (Å²) in [6.45, 7) is 0. The second-order valence-corrected chi connectivity index (χ2v) is 7.91. The average molecular weight is 335 g/mol. The summed E-state index contributed by atoms with van der Waals surface area (Å²) in [5.41, 5.74) is 0.960. The molecule has 21 heavy (non-hydrogen) atoms. The molecule has 0 aliphatic carbocycles. The maximum Gasteiger partial charge on any atom is 0.241 e. The standard InChI is InChI=1S/C15H13NO2S3/c17-21(18,13-5-2-1-3-6-13)16-15(12-8-10-19-11-12)14-7-4-9-20-14/h1-11,15-16H. The SMILES string of the molecule is O=S(=O)(NC(c1ccsc1)c1cccs1)c1ccccc1. The molecule has 0 saturated carbocycles. The maximum absolute atomic E-state index is 12.5. The van der Waals surface area contributed by atoms with Gasteiger partial charge in [0.1, 0.15) is 0 Å². The van der Waals surface area contributed by atoms with Crippen LogP contribution in [0, 0.1) is 0 Å². The molecule has 3 rings (SSSR count). The van der Waals surface area contributed by atoms with Crippen molar-refractivity contribution in [1.29, 1.82) is 0 Å². The third-order valence-electron chi connectivity index (χ3n) is 3.03. The van der Waals surface area contributed by atoms with E-state index in [0.29, 0.717) is 0 Å². The van der Waals surface area contributed by atoms with Crippen molar-refractivity contribution in [3.8, 4) is 0 Å². The summed E-state index contributed by atoms with van der Waals surface area (Å²) in [4.78, 5) is 1.26. The zero-order valence-corrected chi connectivity index (χ0v) is 13.4. The normalized spacial score (nSPS) is 13.1. The van der Waals surface area contributed by atoms with E-state index in [-0.39, 0.29) is 10.9 Å². The molecule has 0 spiro atoms. The molecule has 1 atom stereocenters. The van der Waals surface area contributed by atoms with E-state index in [1.54, 1.807) is 53.0 Å². The molecule has 0 fully saturated rings. The van der Waals surface area contributed by atoms with Crippen molar-refractivity contribution < 1.29 is 8.42 Å². The van der Waals surface area contributed by atoms with Crippen molar-refractivity contribution in [3.05, 3.63) is 75.1 Å². The molecule has 0 aliphatic heterocycles. The second kappa shape index (κ2) is 6.11. The Kier molecular flexibility index (Phi) is 4.21. The summed E-state index contributed by atoms with van der Waals surface area (Å²) in [6, 6.07) is 13.9. The summed E-state index contributed by atoms with van der Waals surface area (Å²) in [7, 11) is -3.55. The van der Waals surface area contributed by atoms with Gasteiger partial charge in [0.2, 0.25) is 10.0 Å². The molecule has 3 nitrogen and oxygen atoms in total. The lowest BCUT2D eigenvalue weighted by molar-refractivity contribution is 0.573. The van der Waals surface area contributed by atoms with Gasteiger partial charge in [0.15, 0.2) is 0 Å². The number of nitrogens with one attached hydrogen (secondary N) is 1. The van der Waals surface area contributed by atoms with Crippen LogP contribution >= 0.6 is 22.7 Å². The lowest BCUT2D eigenvalue weighted by Crippen LogP contribution is -2.28. The molecule has 0 aliphatic rings. The molecule has 1 unspecified atom stereocenters. The van der Waals surface area contributed by atoms with Crippen LogP contribution in [0.5, 0.6) is 0 Å². The van der Waals surface area contributed by atoms with Crippen molar-refractivity contribution in [3.63, 3.8) is 0 Å². The quantitative estimate of drug-likeness (QED) is 0.769. The largest absolute Gasteiger partial charge is 0.241 e. The Balaban J connectivity index is 1.96. The Hall–Kier alpha value is -1.47. The highest BCUT2D eigenvalue weighted by Gasteiger charge is 2.23. The van der Waals surface area contributed by atoms with E-state index in [2.05, 4.69) is 4.72 Å². The van der Waals surface area contributed by atoms with Crippen LogP contribution in [0.4, 0.5) is 0 Å². The van der Waals surface area contributed by atoms with Gasteiger partial charge in [0.05, 0.1) is 10.9 Å². The van der Waals surface area contributed by atoms with Gasteiger partial charge < -0.3 is 0 Å². The van der Waals surface area contributed by atoms with E-state index in [1.165, 1.54) is 0 Å². The van der Waals surface area contributed by atoms with Crippen LogP contribution in [0.2, 0.25) is 0 Å². The monoisotopic (exact) mass is 335 g/mol. The van der Waals surface area contributed by atoms with Crippen molar-refractivity contribution in [2.75, 3.05) is 0 Å². The predicted octanol–water partition coefficient (Wildman–Crippen LogP) is 3.88. The van der Waals surface area contributed by atoms with Crippen LogP contribution in [0.3, 0.4) is 0 Å². The van der Waals surface area contributed by atoms with Gasteiger partial charge in [-0.25, -0.2) is 8.42 Å². The van der Waals surface area contributed by atoms with Crippen LogP contribution in [0.25, 0.3) is 0 Å². The van der Waals surface area contributed by atoms with Crippen LogP contribution in [-0.4, -0.2) is 8.42 Å². The molecule has 3 aromatic rings. The molecule has 1 N–H and O–H groups in total. The Labute approximate surface area is 132 Å². The third kappa shape index (κ3) is 3.24. The number of rotatable bonds is 5. The zero-order valence-electron chi connectivity index (χ0n) is 11.0.